The van der Waals surface area contributed by atoms with Crippen molar-refractivity contribution >= 4 is 12.1 Å². The van der Waals surface area contributed by atoms with E-state index in [-0.39, 0.29) is 25.6 Å². The normalized spacial score (nSPS) is 11.5. The molecule has 1 aromatic rings. The summed E-state index contributed by atoms with van der Waals surface area (Å²) in [7, 11) is 1.29. The fourth-order valence-corrected chi connectivity index (χ4v) is 1.53. The number of amides is 1. The fraction of sp³-hybridized carbons (Fsp3) is 0.429. The van der Waals surface area contributed by atoms with Crippen LogP contribution in [0.15, 0.2) is 30.3 Å². The predicted octanol–water partition coefficient (Wildman–Crippen LogP) is 1.23. The van der Waals surface area contributed by atoms with Crippen molar-refractivity contribution in [2.75, 3.05) is 13.7 Å². The van der Waals surface area contributed by atoms with Crippen LogP contribution < -0.4 is 5.32 Å². The molecule has 0 fully saturated rings. The second kappa shape index (κ2) is 8.92. The van der Waals surface area contributed by atoms with Crippen molar-refractivity contribution < 1.29 is 24.2 Å². The van der Waals surface area contributed by atoms with Crippen LogP contribution in [0.2, 0.25) is 0 Å². The summed E-state index contributed by atoms with van der Waals surface area (Å²) in [4.78, 5) is 22.5. The van der Waals surface area contributed by atoms with Crippen molar-refractivity contribution in [2.45, 2.75) is 25.5 Å². The second-order valence-corrected chi connectivity index (χ2v) is 4.20. The van der Waals surface area contributed by atoms with Crippen LogP contribution in [0.25, 0.3) is 0 Å². The van der Waals surface area contributed by atoms with Gasteiger partial charge in [0.1, 0.15) is 6.61 Å². The minimum Gasteiger partial charge on any atom is -0.469 e. The molecule has 0 aliphatic carbocycles. The van der Waals surface area contributed by atoms with Gasteiger partial charge in [-0.05, 0) is 12.0 Å². The number of esters is 1. The molecule has 0 aliphatic heterocycles. The molecule has 1 aromatic carbocycles. The second-order valence-electron chi connectivity index (χ2n) is 4.20. The van der Waals surface area contributed by atoms with Gasteiger partial charge >= 0.3 is 12.1 Å². The lowest BCUT2D eigenvalue weighted by molar-refractivity contribution is -0.140. The summed E-state index contributed by atoms with van der Waals surface area (Å²) >= 11 is 0. The van der Waals surface area contributed by atoms with E-state index >= 15 is 0 Å². The van der Waals surface area contributed by atoms with Crippen LogP contribution in [-0.4, -0.2) is 36.9 Å². The molecule has 0 radical (unpaired) electrons. The molecule has 0 aliphatic rings. The third-order valence-electron chi connectivity index (χ3n) is 2.68. The quantitative estimate of drug-likeness (QED) is 0.734. The molecule has 0 aromatic heterocycles. The average molecular weight is 281 g/mol. The van der Waals surface area contributed by atoms with Crippen molar-refractivity contribution in [1.29, 1.82) is 0 Å². The van der Waals surface area contributed by atoms with Crippen LogP contribution in [0.1, 0.15) is 18.4 Å². The highest BCUT2D eigenvalue weighted by Crippen LogP contribution is 2.02. The highest BCUT2D eigenvalue weighted by Gasteiger charge is 2.14. The Morgan fingerprint density at radius 1 is 1.30 bits per heavy atom. The first-order chi connectivity index (χ1) is 9.65. The van der Waals surface area contributed by atoms with E-state index in [1.165, 1.54) is 7.11 Å². The zero-order chi connectivity index (χ0) is 14.8. The summed E-state index contributed by atoms with van der Waals surface area (Å²) in [5, 5.41) is 11.6. The van der Waals surface area contributed by atoms with Crippen molar-refractivity contribution in [1.82, 2.24) is 5.32 Å². The van der Waals surface area contributed by atoms with Crippen molar-refractivity contribution in [3.8, 4) is 0 Å². The maximum absolute atomic E-state index is 11.5. The van der Waals surface area contributed by atoms with E-state index in [0.717, 1.165) is 5.56 Å². The zero-order valence-corrected chi connectivity index (χ0v) is 11.4. The average Bonchev–Trinajstić information content (AvgIpc) is 2.49. The van der Waals surface area contributed by atoms with Gasteiger partial charge in [0.05, 0.1) is 19.8 Å². The summed E-state index contributed by atoms with van der Waals surface area (Å²) < 4.78 is 9.51. The smallest absolute Gasteiger partial charge is 0.407 e. The number of hydrogen-bond donors (Lipinski definition) is 2. The molecule has 0 bridgehead atoms. The molecule has 1 atom stereocenters. The van der Waals surface area contributed by atoms with Crippen LogP contribution in [0, 0.1) is 0 Å². The monoisotopic (exact) mass is 281 g/mol. The summed E-state index contributed by atoms with van der Waals surface area (Å²) in [6.07, 6.45) is -0.206. The molecule has 2 N–H and O–H groups in total. The number of nitrogens with one attached hydrogen (secondary N) is 1. The number of aliphatic hydroxyl groups is 1. The van der Waals surface area contributed by atoms with E-state index in [4.69, 9.17) is 9.84 Å². The van der Waals surface area contributed by atoms with Crippen LogP contribution >= 0.6 is 0 Å². The number of rotatable bonds is 7. The Hall–Kier alpha value is -2.08. The van der Waals surface area contributed by atoms with Gasteiger partial charge in [-0.1, -0.05) is 30.3 Å². The Labute approximate surface area is 117 Å². The van der Waals surface area contributed by atoms with E-state index in [2.05, 4.69) is 10.1 Å². The van der Waals surface area contributed by atoms with Crippen LogP contribution in [0.5, 0.6) is 0 Å². The van der Waals surface area contributed by atoms with Crippen molar-refractivity contribution in [3.63, 3.8) is 0 Å². The topological polar surface area (TPSA) is 84.9 Å². The highest BCUT2D eigenvalue weighted by molar-refractivity contribution is 5.70. The molecule has 1 amide bonds. The number of carbonyl (C=O) groups is 2. The maximum atomic E-state index is 11.5. The van der Waals surface area contributed by atoms with E-state index in [0.29, 0.717) is 6.42 Å². The third-order valence-corrected chi connectivity index (χ3v) is 2.68. The van der Waals surface area contributed by atoms with E-state index in [1.54, 1.807) is 0 Å². The molecule has 0 saturated carbocycles. The lowest BCUT2D eigenvalue weighted by Gasteiger charge is -2.15. The molecular weight excluding hydrogens is 262 g/mol. The number of alkyl carbamates (subject to hydrolysis) is 1. The fourth-order valence-electron chi connectivity index (χ4n) is 1.53. The van der Waals surface area contributed by atoms with Gasteiger partial charge in [0.15, 0.2) is 0 Å². The Morgan fingerprint density at radius 2 is 2.00 bits per heavy atom. The van der Waals surface area contributed by atoms with Gasteiger partial charge in [0.25, 0.3) is 0 Å². The highest BCUT2D eigenvalue weighted by atomic mass is 16.5. The summed E-state index contributed by atoms with van der Waals surface area (Å²) in [5.41, 5.74) is 0.873. The molecule has 0 unspecified atom stereocenters. The SMILES string of the molecule is COC(=O)CC[C@H](CO)NC(=O)OCc1ccccc1. The zero-order valence-electron chi connectivity index (χ0n) is 11.4. The summed E-state index contributed by atoms with van der Waals surface area (Å²) in [6, 6.07) is 8.73. The number of benzene rings is 1. The van der Waals surface area contributed by atoms with E-state index in [1.807, 2.05) is 30.3 Å². The maximum Gasteiger partial charge on any atom is 0.407 e. The van der Waals surface area contributed by atoms with Gasteiger partial charge < -0.3 is 19.9 Å². The van der Waals surface area contributed by atoms with Crippen LogP contribution in [0.4, 0.5) is 4.79 Å². The van der Waals surface area contributed by atoms with Gasteiger partial charge in [-0.25, -0.2) is 4.79 Å². The standard InChI is InChI=1S/C14H19NO5/c1-19-13(17)8-7-12(9-16)15-14(18)20-10-11-5-3-2-4-6-11/h2-6,12,16H,7-10H2,1H3,(H,15,18)/t12-/m1/s1. The minimum absolute atomic E-state index is 0.126. The van der Waals surface area contributed by atoms with Crippen LogP contribution in [0.3, 0.4) is 0 Å². The van der Waals surface area contributed by atoms with E-state index < -0.39 is 12.1 Å². The summed E-state index contributed by atoms with van der Waals surface area (Å²) in [5.74, 6) is -0.386. The molecule has 0 spiro atoms. The number of ether oxygens (including phenoxy) is 2. The van der Waals surface area contributed by atoms with Gasteiger partial charge in [-0.15, -0.1) is 0 Å². The number of carbonyl (C=O) groups excluding carboxylic acids is 2. The van der Waals surface area contributed by atoms with Gasteiger partial charge in [0, 0.05) is 6.42 Å². The van der Waals surface area contributed by atoms with Crippen molar-refractivity contribution in [2.24, 2.45) is 0 Å². The van der Waals surface area contributed by atoms with Gasteiger partial charge in [-0.2, -0.15) is 0 Å². The van der Waals surface area contributed by atoms with Gasteiger partial charge in [0.2, 0.25) is 0 Å². The molecule has 20 heavy (non-hydrogen) atoms. The van der Waals surface area contributed by atoms with Gasteiger partial charge in [-0.3, -0.25) is 4.79 Å². The number of methoxy groups -OCH3 is 1. The minimum atomic E-state index is -0.627. The molecule has 0 saturated heterocycles. The largest absolute Gasteiger partial charge is 0.469 e. The lowest BCUT2D eigenvalue weighted by atomic mass is 10.2. The van der Waals surface area contributed by atoms with E-state index in [9.17, 15) is 9.59 Å². The molecule has 1 rings (SSSR count). The number of aliphatic hydroxyl groups excluding tert-OH is 1. The first kappa shape index (κ1) is 16.0. The molecule has 0 heterocycles. The Balaban J connectivity index is 2.30. The Morgan fingerprint density at radius 3 is 2.60 bits per heavy atom. The molecule has 6 nitrogen and oxygen atoms in total. The summed E-state index contributed by atoms with van der Waals surface area (Å²) in [6.45, 7) is -0.112. The lowest BCUT2D eigenvalue weighted by Crippen LogP contribution is -2.38. The number of hydrogen-bond acceptors (Lipinski definition) is 5. The third kappa shape index (κ3) is 6.19. The Bertz CT molecular complexity index is 421. The molecule has 110 valence electrons. The van der Waals surface area contributed by atoms with Crippen molar-refractivity contribution in [3.05, 3.63) is 35.9 Å². The first-order valence-electron chi connectivity index (χ1n) is 6.30. The first-order valence-corrected chi connectivity index (χ1v) is 6.30. The Kier molecular flexibility index (Phi) is 7.13. The van der Waals surface area contributed by atoms with Crippen LogP contribution in [-0.2, 0) is 20.9 Å². The molecule has 6 heteroatoms. The predicted molar refractivity (Wildman–Crippen MR) is 71.9 cm³/mol. The molecular formula is C14H19NO5.